The summed E-state index contributed by atoms with van der Waals surface area (Å²) in [4.78, 5) is 26.4. The highest BCUT2D eigenvalue weighted by Gasteiger charge is 2.28. The highest BCUT2D eigenvalue weighted by Crippen LogP contribution is 2.22. The van der Waals surface area contributed by atoms with Crippen LogP contribution in [-0.2, 0) is 11.2 Å². The molecular weight excluding hydrogens is 369 g/mol. The van der Waals surface area contributed by atoms with Gasteiger partial charge in [-0.2, -0.15) is 0 Å². The van der Waals surface area contributed by atoms with Gasteiger partial charge in [0.15, 0.2) is 5.78 Å². The Balaban J connectivity index is 1.30. The predicted octanol–water partition coefficient (Wildman–Crippen LogP) is 5.27. The molecule has 1 saturated heterocycles. The summed E-state index contributed by atoms with van der Waals surface area (Å²) in [5.74, 6) is -0.446. The van der Waals surface area contributed by atoms with Crippen molar-refractivity contribution in [1.82, 2.24) is 4.90 Å². The Morgan fingerprint density at radius 1 is 0.931 bits per heavy atom. The van der Waals surface area contributed by atoms with Crippen molar-refractivity contribution in [2.24, 2.45) is 5.92 Å². The summed E-state index contributed by atoms with van der Waals surface area (Å²) in [5, 5.41) is 0. The maximum atomic E-state index is 13.0. The fourth-order valence-corrected chi connectivity index (χ4v) is 3.68. The van der Waals surface area contributed by atoms with Gasteiger partial charge >= 0.3 is 6.09 Å². The number of unbranched alkanes of at least 4 members (excludes halogenated alkanes) is 2. The number of piperidine rings is 1. The zero-order valence-electron chi connectivity index (χ0n) is 16.7. The van der Waals surface area contributed by atoms with Crippen LogP contribution in [0.5, 0.6) is 0 Å². The number of ether oxygens (including phenoxy) is 1. The van der Waals surface area contributed by atoms with E-state index in [0.29, 0.717) is 38.1 Å². The normalized spacial score (nSPS) is 14.6. The van der Waals surface area contributed by atoms with Crippen molar-refractivity contribution in [2.45, 2.75) is 38.5 Å². The Morgan fingerprint density at radius 3 is 2.31 bits per heavy atom. The Labute approximate surface area is 171 Å². The second-order valence-corrected chi connectivity index (χ2v) is 7.54. The molecule has 0 atom stereocenters. The van der Waals surface area contributed by atoms with E-state index >= 15 is 0 Å². The van der Waals surface area contributed by atoms with Crippen molar-refractivity contribution in [1.29, 1.82) is 0 Å². The van der Waals surface area contributed by atoms with Gasteiger partial charge in [-0.05, 0) is 68.4 Å². The number of carbonyl (C=O) groups excluding carboxylic acids is 2. The number of nitrogens with zero attached hydrogens (tertiary/aromatic N) is 1. The monoisotopic (exact) mass is 397 g/mol. The van der Waals surface area contributed by atoms with Crippen molar-refractivity contribution in [3.05, 3.63) is 71.5 Å². The summed E-state index contributed by atoms with van der Waals surface area (Å²) in [6, 6.07) is 16.0. The molecule has 1 heterocycles. The summed E-state index contributed by atoms with van der Waals surface area (Å²) < 4.78 is 18.4. The summed E-state index contributed by atoms with van der Waals surface area (Å²) >= 11 is 0. The summed E-state index contributed by atoms with van der Waals surface area (Å²) in [5.41, 5.74) is 1.87. The van der Waals surface area contributed by atoms with Gasteiger partial charge < -0.3 is 9.64 Å². The SMILES string of the molecule is O=C(c1ccc(F)cc1)C1CCN(C(=O)OCCCCCc2ccccc2)CC1. The molecule has 2 aromatic rings. The average Bonchev–Trinajstić information content (AvgIpc) is 2.77. The molecular formula is C24H28FNO3. The lowest BCUT2D eigenvalue weighted by molar-refractivity contribution is 0.0732. The molecule has 29 heavy (non-hydrogen) atoms. The minimum atomic E-state index is -0.348. The van der Waals surface area contributed by atoms with E-state index in [9.17, 15) is 14.0 Å². The summed E-state index contributed by atoms with van der Waals surface area (Å²) in [7, 11) is 0. The maximum Gasteiger partial charge on any atom is 0.409 e. The van der Waals surface area contributed by atoms with Crippen LogP contribution in [0, 0.1) is 11.7 Å². The fraction of sp³-hybridized carbons (Fsp3) is 0.417. The number of aryl methyl sites for hydroxylation is 1. The van der Waals surface area contributed by atoms with E-state index in [1.165, 1.54) is 29.8 Å². The van der Waals surface area contributed by atoms with Crippen molar-refractivity contribution >= 4 is 11.9 Å². The topological polar surface area (TPSA) is 46.6 Å². The van der Waals surface area contributed by atoms with Crippen LogP contribution in [0.4, 0.5) is 9.18 Å². The van der Waals surface area contributed by atoms with Crippen molar-refractivity contribution in [3.8, 4) is 0 Å². The van der Waals surface area contributed by atoms with Crippen LogP contribution in [0.1, 0.15) is 48.0 Å². The van der Waals surface area contributed by atoms with E-state index in [2.05, 4.69) is 12.1 Å². The lowest BCUT2D eigenvalue weighted by atomic mass is 9.89. The number of ketones is 1. The minimum Gasteiger partial charge on any atom is -0.449 e. The Hall–Kier alpha value is -2.69. The number of hydrogen-bond acceptors (Lipinski definition) is 3. The van der Waals surface area contributed by atoms with Crippen LogP contribution >= 0.6 is 0 Å². The standard InChI is InChI=1S/C24H28FNO3/c25-22-12-10-20(11-13-22)23(27)21-14-16-26(17-15-21)24(28)29-18-6-2-5-9-19-7-3-1-4-8-19/h1,3-4,7-8,10-13,21H,2,5-6,9,14-18H2. The highest BCUT2D eigenvalue weighted by atomic mass is 19.1. The number of Topliss-reactive ketones (excluding diaryl/α,β-unsaturated/α-hetero) is 1. The Morgan fingerprint density at radius 2 is 1.62 bits per heavy atom. The average molecular weight is 397 g/mol. The number of carbonyl (C=O) groups is 2. The molecule has 154 valence electrons. The van der Waals surface area contributed by atoms with Crippen molar-refractivity contribution in [3.63, 3.8) is 0 Å². The van der Waals surface area contributed by atoms with Gasteiger partial charge in [0.25, 0.3) is 0 Å². The second-order valence-electron chi connectivity index (χ2n) is 7.54. The molecule has 0 unspecified atom stereocenters. The Kier molecular flexibility index (Phi) is 7.79. The van der Waals surface area contributed by atoms with Gasteiger partial charge in [0, 0.05) is 24.6 Å². The van der Waals surface area contributed by atoms with Gasteiger partial charge in [-0.1, -0.05) is 30.3 Å². The van der Waals surface area contributed by atoms with Crippen molar-refractivity contribution < 1.29 is 18.7 Å². The fourth-order valence-electron chi connectivity index (χ4n) is 3.68. The lowest BCUT2D eigenvalue weighted by Crippen LogP contribution is -2.40. The van der Waals surface area contributed by atoms with E-state index in [0.717, 1.165) is 25.7 Å². The first kappa shape index (κ1) is 21.0. The molecule has 0 bridgehead atoms. The van der Waals surface area contributed by atoms with Crippen LogP contribution < -0.4 is 0 Å². The van der Waals surface area contributed by atoms with E-state index in [-0.39, 0.29) is 23.6 Å². The largest absolute Gasteiger partial charge is 0.449 e. The summed E-state index contributed by atoms with van der Waals surface area (Å²) in [6.07, 6.45) is 4.95. The molecule has 0 radical (unpaired) electrons. The smallest absolute Gasteiger partial charge is 0.409 e. The molecule has 5 heteroatoms. The molecule has 0 aromatic heterocycles. The first-order chi connectivity index (χ1) is 14.1. The zero-order chi connectivity index (χ0) is 20.5. The molecule has 0 N–H and O–H groups in total. The van der Waals surface area contributed by atoms with Crippen LogP contribution in [0.15, 0.2) is 54.6 Å². The van der Waals surface area contributed by atoms with E-state index in [4.69, 9.17) is 4.74 Å². The number of amides is 1. The van der Waals surface area contributed by atoms with Gasteiger partial charge in [0.2, 0.25) is 0 Å². The number of rotatable bonds is 8. The van der Waals surface area contributed by atoms with E-state index in [1.807, 2.05) is 18.2 Å². The number of hydrogen-bond donors (Lipinski definition) is 0. The predicted molar refractivity (Wildman–Crippen MR) is 110 cm³/mol. The van der Waals surface area contributed by atoms with Gasteiger partial charge in [-0.15, -0.1) is 0 Å². The molecule has 1 aliphatic rings. The quantitative estimate of drug-likeness (QED) is 0.450. The summed E-state index contributed by atoms with van der Waals surface area (Å²) in [6.45, 7) is 1.47. The molecule has 1 aliphatic heterocycles. The third-order valence-electron chi connectivity index (χ3n) is 5.43. The number of benzene rings is 2. The molecule has 3 rings (SSSR count). The third-order valence-corrected chi connectivity index (χ3v) is 5.43. The van der Waals surface area contributed by atoms with E-state index < -0.39 is 0 Å². The first-order valence-electron chi connectivity index (χ1n) is 10.4. The molecule has 2 aromatic carbocycles. The highest BCUT2D eigenvalue weighted by molar-refractivity contribution is 5.97. The van der Waals surface area contributed by atoms with Crippen LogP contribution in [0.25, 0.3) is 0 Å². The molecule has 1 fully saturated rings. The first-order valence-corrected chi connectivity index (χ1v) is 10.4. The van der Waals surface area contributed by atoms with Gasteiger partial charge in [-0.3, -0.25) is 4.79 Å². The number of likely N-dealkylation sites (tertiary alicyclic amines) is 1. The molecule has 0 spiro atoms. The third kappa shape index (κ3) is 6.41. The lowest BCUT2D eigenvalue weighted by Gasteiger charge is -2.30. The van der Waals surface area contributed by atoms with Gasteiger partial charge in [-0.25, -0.2) is 9.18 Å². The molecule has 0 aliphatic carbocycles. The molecule has 0 saturated carbocycles. The van der Waals surface area contributed by atoms with Crippen LogP contribution in [0.3, 0.4) is 0 Å². The maximum absolute atomic E-state index is 13.0. The molecule has 1 amide bonds. The van der Waals surface area contributed by atoms with Gasteiger partial charge in [0.1, 0.15) is 5.82 Å². The zero-order valence-corrected chi connectivity index (χ0v) is 16.7. The van der Waals surface area contributed by atoms with E-state index in [1.54, 1.807) is 4.90 Å². The Bertz CT molecular complexity index is 784. The van der Waals surface area contributed by atoms with Crippen LogP contribution in [0.2, 0.25) is 0 Å². The second kappa shape index (κ2) is 10.7. The number of halogens is 1. The molecule has 4 nitrogen and oxygen atoms in total. The van der Waals surface area contributed by atoms with Crippen LogP contribution in [-0.4, -0.2) is 36.5 Å². The van der Waals surface area contributed by atoms with Crippen molar-refractivity contribution in [2.75, 3.05) is 19.7 Å². The minimum absolute atomic E-state index is 0.0245. The van der Waals surface area contributed by atoms with Gasteiger partial charge in [0.05, 0.1) is 6.61 Å².